The van der Waals surface area contributed by atoms with E-state index in [2.05, 4.69) is 10.3 Å². The van der Waals surface area contributed by atoms with Crippen molar-refractivity contribution >= 4 is 9.84 Å². The van der Waals surface area contributed by atoms with E-state index in [0.717, 1.165) is 25.4 Å². The van der Waals surface area contributed by atoms with Gasteiger partial charge in [-0.25, -0.2) is 13.4 Å². The maximum atomic E-state index is 11.5. The standard InChI is InChI=1S/C15H24N2O3S/c1-12-14(21(2,18)19)5-6-15(17-12)20-11-3-4-13-7-9-16-10-8-13/h5-6,13,16H,3-4,7-11H2,1-2H3. The van der Waals surface area contributed by atoms with Gasteiger partial charge in [0.2, 0.25) is 5.88 Å². The average Bonchev–Trinajstić information content (AvgIpc) is 2.43. The predicted octanol–water partition coefficient (Wildman–Crippen LogP) is 1.95. The van der Waals surface area contributed by atoms with Crippen LogP contribution in [-0.2, 0) is 9.84 Å². The van der Waals surface area contributed by atoms with Gasteiger partial charge < -0.3 is 10.1 Å². The van der Waals surface area contributed by atoms with Crippen LogP contribution >= 0.6 is 0 Å². The molecule has 2 rings (SSSR count). The van der Waals surface area contributed by atoms with E-state index in [1.807, 2.05) is 0 Å². The molecule has 1 saturated heterocycles. The van der Waals surface area contributed by atoms with Crippen LogP contribution in [0.3, 0.4) is 0 Å². The molecule has 1 N–H and O–H groups in total. The molecule has 0 aliphatic carbocycles. The van der Waals surface area contributed by atoms with Crippen molar-refractivity contribution in [2.45, 2.75) is 37.5 Å². The van der Waals surface area contributed by atoms with Crippen LogP contribution in [0, 0.1) is 12.8 Å². The van der Waals surface area contributed by atoms with Gasteiger partial charge >= 0.3 is 0 Å². The number of piperidine rings is 1. The number of nitrogens with one attached hydrogen (secondary N) is 1. The minimum Gasteiger partial charge on any atom is -0.478 e. The van der Waals surface area contributed by atoms with Crippen LogP contribution in [0.25, 0.3) is 0 Å². The molecule has 1 aliphatic heterocycles. The monoisotopic (exact) mass is 312 g/mol. The zero-order valence-electron chi connectivity index (χ0n) is 12.8. The Morgan fingerprint density at radius 3 is 2.67 bits per heavy atom. The maximum absolute atomic E-state index is 11.5. The van der Waals surface area contributed by atoms with Crippen molar-refractivity contribution in [3.05, 3.63) is 17.8 Å². The van der Waals surface area contributed by atoms with E-state index < -0.39 is 9.84 Å². The summed E-state index contributed by atoms with van der Waals surface area (Å²) >= 11 is 0. The Morgan fingerprint density at radius 1 is 1.33 bits per heavy atom. The number of sulfone groups is 1. The third-order valence-electron chi connectivity index (χ3n) is 3.88. The second-order valence-corrected chi connectivity index (χ2v) is 7.67. The number of pyridine rings is 1. The van der Waals surface area contributed by atoms with Gasteiger partial charge in [0.15, 0.2) is 9.84 Å². The predicted molar refractivity (Wildman–Crippen MR) is 82.4 cm³/mol. The molecule has 0 saturated carbocycles. The molecule has 0 aromatic carbocycles. The molecule has 1 aromatic rings. The molecule has 6 heteroatoms. The van der Waals surface area contributed by atoms with Crippen molar-refractivity contribution in [2.75, 3.05) is 26.0 Å². The first-order valence-corrected chi connectivity index (χ1v) is 9.37. The van der Waals surface area contributed by atoms with Gasteiger partial charge in [0, 0.05) is 12.3 Å². The van der Waals surface area contributed by atoms with Crippen molar-refractivity contribution in [1.29, 1.82) is 0 Å². The largest absolute Gasteiger partial charge is 0.478 e. The van der Waals surface area contributed by atoms with Crippen LogP contribution in [0.2, 0.25) is 0 Å². The minimum atomic E-state index is -3.21. The lowest BCUT2D eigenvalue weighted by molar-refractivity contribution is 0.266. The van der Waals surface area contributed by atoms with Gasteiger partial charge in [-0.2, -0.15) is 0 Å². The third kappa shape index (κ3) is 4.97. The fourth-order valence-electron chi connectivity index (χ4n) is 2.72. The third-order valence-corrected chi connectivity index (χ3v) is 5.11. The highest BCUT2D eigenvalue weighted by molar-refractivity contribution is 7.90. The molecule has 0 unspecified atom stereocenters. The topological polar surface area (TPSA) is 68.3 Å². The lowest BCUT2D eigenvalue weighted by Gasteiger charge is -2.22. The Bertz CT molecular complexity index is 566. The van der Waals surface area contributed by atoms with E-state index in [1.165, 1.54) is 25.5 Å². The summed E-state index contributed by atoms with van der Waals surface area (Å²) in [7, 11) is -3.21. The number of nitrogens with zero attached hydrogens (tertiary/aromatic N) is 1. The molecule has 1 aliphatic rings. The molecule has 2 heterocycles. The second kappa shape index (κ2) is 7.22. The van der Waals surface area contributed by atoms with Crippen molar-refractivity contribution in [3.8, 4) is 5.88 Å². The number of hydrogen-bond donors (Lipinski definition) is 1. The zero-order chi connectivity index (χ0) is 15.3. The fraction of sp³-hybridized carbons (Fsp3) is 0.667. The first kappa shape index (κ1) is 16.2. The molecule has 5 nitrogen and oxygen atoms in total. The second-order valence-electron chi connectivity index (χ2n) is 5.69. The number of rotatable bonds is 6. The van der Waals surface area contributed by atoms with Crippen LogP contribution in [0.4, 0.5) is 0 Å². The van der Waals surface area contributed by atoms with E-state index in [0.29, 0.717) is 18.2 Å². The first-order chi connectivity index (χ1) is 9.97. The summed E-state index contributed by atoms with van der Waals surface area (Å²) in [6.07, 6.45) is 5.89. The normalized spacial score (nSPS) is 16.9. The van der Waals surface area contributed by atoms with Gasteiger partial charge in [-0.15, -0.1) is 0 Å². The van der Waals surface area contributed by atoms with E-state index in [1.54, 1.807) is 19.1 Å². The average molecular weight is 312 g/mol. The Kier molecular flexibility index (Phi) is 5.58. The van der Waals surface area contributed by atoms with Gasteiger partial charge in [-0.1, -0.05) is 0 Å². The van der Waals surface area contributed by atoms with Crippen molar-refractivity contribution in [2.24, 2.45) is 5.92 Å². The lowest BCUT2D eigenvalue weighted by Crippen LogP contribution is -2.27. The van der Waals surface area contributed by atoms with Gasteiger partial charge in [0.1, 0.15) is 0 Å². The summed E-state index contributed by atoms with van der Waals surface area (Å²) in [5.74, 6) is 1.31. The summed E-state index contributed by atoms with van der Waals surface area (Å²) in [5.41, 5.74) is 0.494. The van der Waals surface area contributed by atoms with E-state index >= 15 is 0 Å². The highest BCUT2D eigenvalue weighted by atomic mass is 32.2. The van der Waals surface area contributed by atoms with Gasteiger partial charge in [-0.05, 0) is 57.7 Å². The quantitative estimate of drug-likeness (QED) is 0.813. The summed E-state index contributed by atoms with van der Waals surface area (Å²) < 4.78 is 28.7. The summed E-state index contributed by atoms with van der Waals surface area (Å²) in [6, 6.07) is 3.20. The summed E-state index contributed by atoms with van der Waals surface area (Å²) in [4.78, 5) is 4.48. The van der Waals surface area contributed by atoms with Crippen LogP contribution in [-0.4, -0.2) is 39.4 Å². The number of aryl methyl sites for hydroxylation is 1. The SMILES string of the molecule is Cc1nc(OCCCC2CCNCC2)ccc1S(C)(=O)=O. The number of ether oxygens (including phenoxy) is 1. The number of aromatic nitrogens is 1. The molecule has 0 spiro atoms. The van der Waals surface area contributed by atoms with Crippen LogP contribution in [0.15, 0.2) is 17.0 Å². The number of hydrogen-bond acceptors (Lipinski definition) is 5. The van der Waals surface area contributed by atoms with E-state index in [-0.39, 0.29) is 4.90 Å². The fourth-order valence-corrected chi connectivity index (χ4v) is 3.61. The molecule has 0 amide bonds. The van der Waals surface area contributed by atoms with Crippen LogP contribution < -0.4 is 10.1 Å². The maximum Gasteiger partial charge on any atom is 0.213 e. The molecule has 0 atom stereocenters. The van der Waals surface area contributed by atoms with E-state index in [9.17, 15) is 8.42 Å². The summed E-state index contributed by atoms with van der Waals surface area (Å²) in [5, 5.41) is 3.36. The molecule has 21 heavy (non-hydrogen) atoms. The lowest BCUT2D eigenvalue weighted by atomic mass is 9.93. The zero-order valence-corrected chi connectivity index (χ0v) is 13.6. The van der Waals surface area contributed by atoms with Gasteiger partial charge in [0.05, 0.1) is 17.2 Å². The highest BCUT2D eigenvalue weighted by Gasteiger charge is 2.14. The van der Waals surface area contributed by atoms with Crippen LogP contribution in [0.5, 0.6) is 5.88 Å². The Balaban J connectivity index is 1.79. The van der Waals surface area contributed by atoms with Crippen molar-refractivity contribution < 1.29 is 13.2 Å². The van der Waals surface area contributed by atoms with Gasteiger partial charge in [-0.3, -0.25) is 0 Å². The molecular formula is C15H24N2O3S. The minimum absolute atomic E-state index is 0.268. The van der Waals surface area contributed by atoms with Gasteiger partial charge in [0.25, 0.3) is 0 Å². The van der Waals surface area contributed by atoms with Crippen LogP contribution in [0.1, 0.15) is 31.4 Å². The first-order valence-electron chi connectivity index (χ1n) is 7.48. The summed E-state index contributed by atoms with van der Waals surface area (Å²) in [6.45, 7) is 4.57. The molecule has 0 bridgehead atoms. The van der Waals surface area contributed by atoms with Crippen molar-refractivity contribution in [1.82, 2.24) is 10.3 Å². The van der Waals surface area contributed by atoms with Crippen molar-refractivity contribution in [3.63, 3.8) is 0 Å². The van der Waals surface area contributed by atoms with E-state index in [4.69, 9.17) is 4.74 Å². The Morgan fingerprint density at radius 2 is 2.05 bits per heavy atom. The highest BCUT2D eigenvalue weighted by Crippen LogP contribution is 2.19. The molecule has 1 aromatic heterocycles. The Labute approximate surface area is 127 Å². The smallest absolute Gasteiger partial charge is 0.213 e. The molecular weight excluding hydrogens is 288 g/mol. The molecule has 118 valence electrons. The Hall–Kier alpha value is -1.14. The molecule has 0 radical (unpaired) electrons. The molecule has 1 fully saturated rings.